The van der Waals surface area contributed by atoms with E-state index in [0.29, 0.717) is 0 Å². The summed E-state index contributed by atoms with van der Waals surface area (Å²) in [5, 5.41) is 0. The minimum absolute atomic E-state index is 0.835. The maximum Gasteiger partial charge on any atom is -0.0200 e. The zero-order valence-corrected chi connectivity index (χ0v) is 12.9. The van der Waals surface area contributed by atoms with E-state index < -0.39 is 0 Å². The van der Waals surface area contributed by atoms with Crippen LogP contribution in [0.1, 0.15) is 66.2 Å². The summed E-state index contributed by atoms with van der Waals surface area (Å²) in [4.78, 5) is 0. The molecule has 0 amide bonds. The molecule has 0 spiro atoms. The van der Waals surface area contributed by atoms with Crippen LogP contribution in [0.3, 0.4) is 0 Å². The van der Waals surface area contributed by atoms with Gasteiger partial charge in [-0.05, 0) is 74.0 Å². The minimum atomic E-state index is 0.835. The summed E-state index contributed by atoms with van der Waals surface area (Å²) in [5.41, 5.74) is 1.62. The lowest BCUT2D eigenvalue weighted by atomic mass is 9.66. The van der Waals surface area contributed by atoms with E-state index in [0.717, 1.165) is 35.5 Å². The molecule has 2 saturated carbocycles. The van der Waals surface area contributed by atoms with E-state index in [-0.39, 0.29) is 0 Å². The van der Waals surface area contributed by atoms with Gasteiger partial charge in [0.2, 0.25) is 0 Å². The third kappa shape index (κ3) is 3.00. The highest BCUT2D eigenvalue weighted by molar-refractivity contribution is 5.09. The second kappa shape index (κ2) is 5.80. The molecule has 2 aliphatic carbocycles. The first-order chi connectivity index (χ1) is 8.49. The molecule has 0 saturated heterocycles. The zero-order valence-electron chi connectivity index (χ0n) is 12.9. The summed E-state index contributed by atoms with van der Waals surface area (Å²) >= 11 is 0. The van der Waals surface area contributed by atoms with E-state index in [9.17, 15) is 0 Å². The summed E-state index contributed by atoms with van der Waals surface area (Å²) in [7, 11) is 0. The van der Waals surface area contributed by atoms with E-state index in [2.05, 4.69) is 34.3 Å². The maximum atomic E-state index is 4.52. The Labute approximate surface area is 114 Å². The topological polar surface area (TPSA) is 0 Å². The fraction of sp³-hybridized carbons (Fsp3) is 0.889. The van der Waals surface area contributed by atoms with Gasteiger partial charge < -0.3 is 0 Å². The van der Waals surface area contributed by atoms with Gasteiger partial charge in [0.25, 0.3) is 0 Å². The van der Waals surface area contributed by atoms with Crippen LogP contribution >= 0.6 is 0 Å². The first-order valence-electron chi connectivity index (χ1n) is 8.17. The van der Waals surface area contributed by atoms with Crippen LogP contribution < -0.4 is 0 Å². The zero-order chi connectivity index (χ0) is 13.3. The molecule has 0 bridgehead atoms. The third-order valence-corrected chi connectivity index (χ3v) is 6.25. The number of allylic oxidation sites excluding steroid dienone is 1. The highest BCUT2D eigenvalue weighted by Crippen LogP contribution is 2.44. The summed E-state index contributed by atoms with van der Waals surface area (Å²) in [5.74, 6) is 5.34. The van der Waals surface area contributed by atoms with Gasteiger partial charge in [0.15, 0.2) is 0 Å². The quantitative estimate of drug-likeness (QED) is 0.551. The molecule has 0 heteroatoms. The molecular formula is C18H32. The van der Waals surface area contributed by atoms with Gasteiger partial charge in [0.05, 0.1) is 0 Å². The summed E-state index contributed by atoms with van der Waals surface area (Å²) in [6, 6.07) is 0. The second-order valence-corrected chi connectivity index (χ2v) is 7.50. The molecule has 0 N–H and O–H groups in total. The average molecular weight is 248 g/mol. The van der Waals surface area contributed by atoms with Crippen molar-refractivity contribution in [1.29, 1.82) is 0 Å². The van der Waals surface area contributed by atoms with E-state index >= 15 is 0 Å². The number of rotatable bonds is 2. The first kappa shape index (κ1) is 14.2. The summed E-state index contributed by atoms with van der Waals surface area (Å²) in [6.07, 6.45) is 8.46. The van der Waals surface area contributed by atoms with Crippen LogP contribution in [0, 0.1) is 35.5 Å². The minimum Gasteiger partial charge on any atom is -0.0993 e. The molecule has 0 radical (unpaired) electrons. The number of hydrogen-bond donors (Lipinski definition) is 0. The van der Waals surface area contributed by atoms with Crippen molar-refractivity contribution < 1.29 is 0 Å². The van der Waals surface area contributed by atoms with Crippen LogP contribution in [0.2, 0.25) is 0 Å². The van der Waals surface area contributed by atoms with Gasteiger partial charge in [-0.25, -0.2) is 0 Å². The molecular weight excluding hydrogens is 216 g/mol. The van der Waals surface area contributed by atoms with Crippen molar-refractivity contribution in [3.05, 3.63) is 12.2 Å². The molecule has 0 nitrogen and oxygen atoms in total. The fourth-order valence-corrected chi connectivity index (χ4v) is 4.10. The average Bonchev–Trinajstić information content (AvgIpc) is 2.35. The van der Waals surface area contributed by atoms with E-state index in [1.165, 1.54) is 38.5 Å². The van der Waals surface area contributed by atoms with Crippen molar-refractivity contribution >= 4 is 0 Å². The Balaban J connectivity index is 1.91. The van der Waals surface area contributed by atoms with Crippen LogP contribution in [0.4, 0.5) is 0 Å². The Morgan fingerprint density at radius 1 is 0.667 bits per heavy atom. The third-order valence-electron chi connectivity index (χ3n) is 6.25. The van der Waals surface area contributed by atoms with Crippen LogP contribution in [0.15, 0.2) is 12.2 Å². The van der Waals surface area contributed by atoms with Crippen molar-refractivity contribution in [2.75, 3.05) is 0 Å². The predicted molar refractivity (Wildman–Crippen MR) is 80.5 cm³/mol. The monoisotopic (exact) mass is 248 g/mol. The van der Waals surface area contributed by atoms with Crippen molar-refractivity contribution in [2.24, 2.45) is 35.5 Å². The Morgan fingerprint density at radius 2 is 1.06 bits per heavy atom. The molecule has 2 aliphatic rings. The van der Waals surface area contributed by atoms with Gasteiger partial charge in [-0.3, -0.25) is 0 Å². The smallest absolute Gasteiger partial charge is 0.0200 e. The van der Waals surface area contributed by atoms with E-state index in [4.69, 9.17) is 0 Å². The predicted octanol–water partition coefficient (Wildman–Crippen LogP) is 5.69. The molecule has 6 unspecified atom stereocenters. The Morgan fingerprint density at radius 3 is 1.39 bits per heavy atom. The van der Waals surface area contributed by atoms with Crippen molar-refractivity contribution in [3.8, 4) is 0 Å². The Hall–Kier alpha value is -0.260. The summed E-state index contributed by atoms with van der Waals surface area (Å²) in [6.45, 7) is 14.3. The lowest BCUT2D eigenvalue weighted by molar-refractivity contribution is 0.187. The fourth-order valence-electron chi connectivity index (χ4n) is 4.10. The molecule has 0 aliphatic heterocycles. The molecule has 18 heavy (non-hydrogen) atoms. The highest BCUT2D eigenvalue weighted by atomic mass is 14.4. The second-order valence-electron chi connectivity index (χ2n) is 7.50. The van der Waals surface area contributed by atoms with Gasteiger partial charge in [0.1, 0.15) is 0 Å². The maximum absolute atomic E-state index is 4.52. The Kier molecular flexibility index (Phi) is 4.56. The SMILES string of the molecule is C=C(C1CCC(C)C(C)C1)C1CCC(C)C(C)C1. The molecule has 0 aromatic rings. The van der Waals surface area contributed by atoms with Gasteiger partial charge in [-0.1, -0.05) is 39.8 Å². The van der Waals surface area contributed by atoms with Gasteiger partial charge in [-0.2, -0.15) is 0 Å². The molecule has 0 aromatic heterocycles. The van der Waals surface area contributed by atoms with Gasteiger partial charge in [-0.15, -0.1) is 0 Å². The molecule has 104 valence electrons. The molecule has 2 fully saturated rings. The molecule has 0 aromatic carbocycles. The molecule has 2 rings (SSSR count). The standard InChI is InChI=1S/C18H32/c1-12-6-8-17(10-14(12)3)16(5)18-9-7-13(2)15(4)11-18/h12-15,17-18H,5-11H2,1-4H3. The molecule has 6 atom stereocenters. The van der Waals surface area contributed by atoms with Crippen molar-refractivity contribution in [1.82, 2.24) is 0 Å². The first-order valence-corrected chi connectivity index (χ1v) is 8.17. The van der Waals surface area contributed by atoms with Crippen LogP contribution in [-0.2, 0) is 0 Å². The normalized spacial score (nSPS) is 45.8. The Bertz CT molecular complexity index is 262. The van der Waals surface area contributed by atoms with Gasteiger partial charge >= 0.3 is 0 Å². The number of hydrogen-bond acceptors (Lipinski definition) is 0. The lowest BCUT2D eigenvalue weighted by Gasteiger charge is -2.39. The van der Waals surface area contributed by atoms with E-state index in [1.807, 2.05) is 0 Å². The van der Waals surface area contributed by atoms with Crippen LogP contribution in [0.25, 0.3) is 0 Å². The summed E-state index contributed by atoms with van der Waals surface area (Å²) < 4.78 is 0. The van der Waals surface area contributed by atoms with E-state index in [1.54, 1.807) is 5.57 Å². The van der Waals surface area contributed by atoms with Crippen LogP contribution in [0.5, 0.6) is 0 Å². The van der Waals surface area contributed by atoms with Crippen molar-refractivity contribution in [3.63, 3.8) is 0 Å². The van der Waals surface area contributed by atoms with Gasteiger partial charge in [0, 0.05) is 0 Å². The highest BCUT2D eigenvalue weighted by Gasteiger charge is 2.32. The molecule has 0 heterocycles. The largest absolute Gasteiger partial charge is 0.0993 e. The lowest BCUT2D eigenvalue weighted by Crippen LogP contribution is -2.28. The van der Waals surface area contributed by atoms with Crippen molar-refractivity contribution in [2.45, 2.75) is 66.2 Å². The van der Waals surface area contributed by atoms with Crippen LogP contribution in [-0.4, -0.2) is 0 Å².